The zero-order valence-corrected chi connectivity index (χ0v) is 20.9. The number of benzene rings is 3. The first-order chi connectivity index (χ1) is 14.9. The van der Waals surface area contributed by atoms with Gasteiger partial charge in [-0.3, -0.25) is 0 Å². The summed E-state index contributed by atoms with van der Waals surface area (Å²) in [6.45, 7) is 18.0. The molecule has 0 bridgehead atoms. The van der Waals surface area contributed by atoms with Crippen molar-refractivity contribution in [2.75, 3.05) is 0 Å². The first kappa shape index (κ1) is 37.3. The summed E-state index contributed by atoms with van der Waals surface area (Å²) in [7, 11) is -1.59. The molecule has 2 radical (unpaired) electrons. The molecule has 0 heterocycles. The Kier molecular flexibility index (Phi) is 33.8. The summed E-state index contributed by atoms with van der Waals surface area (Å²) in [5, 5.41) is 0. The van der Waals surface area contributed by atoms with E-state index in [0.717, 1.165) is 0 Å². The van der Waals surface area contributed by atoms with E-state index in [9.17, 15) is 0 Å². The molecule has 0 aromatic heterocycles. The Balaban J connectivity index is -0.000000355. The number of rotatable bonds is 6. The van der Waals surface area contributed by atoms with Crippen LogP contribution in [0.4, 0.5) is 0 Å². The van der Waals surface area contributed by atoms with Crippen LogP contribution in [0.2, 0.25) is 0 Å². The quantitative estimate of drug-likeness (QED) is 0.208. The van der Waals surface area contributed by atoms with E-state index in [1.165, 1.54) is 0 Å². The summed E-state index contributed by atoms with van der Waals surface area (Å²) < 4.78 is 47.5. The number of hydrogen-bond donors (Lipinski definition) is 0. The van der Waals surface area contributed by atoms with E-state index in [-0.39, 0.29) is 46.6 Å². The van der Waals surface area contributed by atoms with Crippen molar-refractivity contribution in [2.24, 2.45) is 0 Å². The van der Waals surface area contributed by atoms with Gasteiger partial charge in [0, 0.05) is 46.6 Å². The van der Waals surface area contributed by atoms with Crippen LogP contribution < -0.4 is 13.6 Å². The minimum Gasteiger partial charge on any atom is -0.409 e. The Bertz CT molecular complexity index is 738. The average Bonchev–Trinajstić information content (AvgIpc) is 2.86. The monoisotopic (exact) mass is 500 g/mol. The van der Waals surface area contributed by atoms with Gasteiger partial charge in [0.05, 0.1) is 0 Å². The van der Waals surface area contributed by atoms with Gasteiger partial charge in [0.15, 0.2) is 0 Å². The van der Waals surface area contributed by atoms with Crippen LogP contribution in [0.25, 0.3) is 0 Å². The predicted octanol–water partition coefficient (Wildman–Crippen LogP) is 4.92. The Morgan fingerprint density at radius 1 is 0.438 bits per heavy atom. The van der Waals surface area contributed by atoms with Gasteiger partial charge in [-0.25, -0.2) is 0 Å². The number of para-hydroxylation sites is 3. The van der Waals surface area contributed by atoms with Crippen LogP contribution in [-0.2, 0) is 35.7 Å². The van der Waals surface area contributed by atoms with E-state index in [4.69, 9.17) is 32.2 Å². The first-order valence-electron chi connectivity index (χ1n) is 7.71. The summed E-state index contributed by atoms with van der Waals surface area (Å²) in [5.41, 5.74) is 0. The molecule has 0 aliphatic rings. The van der Waals surface area contributed by atoms with Crippen LogP contribution in [0.5, 0.6) is 17.2 Å². The molecule has 3 aromatic carbocycles. The Morgan fingerprint density at radius 2 is 0.625 bits per heavy atom. The van der Waals surface area contributed by atoms with Crippen molar-refractivity contribution in [3.8, 4) is 17.2 Å². The van der Waals surface area contributed by atoms with Gasteiger partial charge in [-0.15, -0.1) is 0 Å². The van der Waals surface area contributed by atoms with E-state index in [2.05, 4.69) is 26.6 Å². The molecule has 0 fully saturated rings. The average molecular weight is 500 g/mol. The molecule has 0 saturated heterocycles. The minimum atomic E-state index is -1.59. The van der Waals surface area contributed by atoms with Crippen LogP contribution in [-0.4, -0.2) is 29.6 Å². The maximum Gasteiger partial charge on any atom is 0.530 e. The van der Waals surface area contributed by atoms with Gasteiger partial charge >= 0.3 is 53.8 Å². The molecule has 3 aromatic rings. The van der Waals surface area contributed by atoms with Gasteiger partial charge in [0.25, 0.3) is 0 Å². The Hall–Kier alpha value is -2.03. The van der Waals surface area contributed by atoms with Crippen LogP contribution in [0.1, 0.15) is 0 Å². The van der Waals surface area contributed by atoms with Crippen LogP contribution in [0.15, 0.2) is 91.0 Å². The van der Waals surface area contributed by atoms with E-state index in [1.54, 1.807) is 0 Å². The largest absolute Gasteiger partial charge is 0.530 e. The van der Waals surface area contributed by atoms with E-state index >= 15 is 0 Å². The molecule has 0 spiro atoms. The smallest absolute Gasteiger partial charge is 0.409 e. The minimum absolute atomic E-state index is 0. The topological polar surface area (TPSA) is 107 Å². The van der Waals surface area contributed by atoms with Gasteiger partial charge < -0.3 is 13.6 Å². The fraction of sp³-hybridized carbons (Fsp3) is 0. The first-order valence-corrected chi connectivity index (χ1v) is 8.80. The molecule has 3 rings (SSSR count). The second-order valence-corrected chi connectivity index (χ2v) is 5.43. The van der Waals surface area contributed by atoms with Gasteiger partial charge in [-0.2, -0.15) is 0 Å². The summed E-state index contributed by atoms with van der Waals surface area (Å²) >= 11 is 0. The van der Waals surface area contributed by atoms with Gasteiger partial charge in [-0.1, -0.05) is 54.6 Å². The normalized spacial score (nSPS) is 7.28. The second-order valence-electron chi connectivity index (χ2n) is 4.44. The molecule has 158 valence electrons. The molecule has 10 heteroatoms. The molecule has 0 saturated carbocycles. The number of hydrogen-bond acceptors (Lipinski definition) is 3. The molecular weight excluding hydrogens is 485 g/mol. The Labute approximate surface area is 221 Å². The molecule has 0 N–H and O–H groups in total. The third kappa shape index (κ3) is 17.6. The molecular formula is C22H15MnNaO7P. The van der Waals surface area contributed by atoms with Crippen molar-refractivity contribution in [2.45, 2.75) is 0 Å². The zero-order valence-electron chi connectivity index (χ0n) is 16.8. The summed E-state index contributed by atoms with van der Waals surface area (Å²) in [6, 6.07) is 28.5. The van der Waals surface area contributed by atoms with Crippen LogP contribution >= 0.6 is 8.60 Å². The maximum atomic E-state index is 7.50. The fourth-order valence-corrected chi connectivity index (χ4v) is 2.75. The van der Waals surface area contributed by atoms with Gasteiger partial charge in [0.1, 0.15) is 17.2 Å². The van der Waals surface area contributed by atoms with Crippen molar-refractivity contribution in [1.82, 2.24) is 0 Å². The van der Waals surface area contributed by atoms with Gasteiger partial charge in [0.2, 0.25) is 0 Å². The molecule has 0 aliphatic carbocycles. The third-order valence-corrected chi connectivity index (χ3v) is 3.85. The van der Waals surface area contributed by atoms with E-state index in [0.29, 0.717) is 17.2 Å². The summed E-state index contributed by atoms with van der Waals surface area (Å²) in [5.74, 6) is 2.13. The molecule has 0 aliphatic heterocycles. The predicted molar refractivity (Wildman–Crippen MR) is 110 cm³/mol. The van der Waals surface area contributed by atoms with E-state index < -0.39 is 8.60 Å². The van der Waals surface area contributed by atoms with Crippen LogP contribution in [0, 0.1) is 26.6 Å². The SMILES string of the molecule is [C-]#[O+].[C-]#[O+].[C-]#[O+].[C-]#[O+].[Mn].[Na].c1ccc(OP(Oc2ccccc2)Oc2ccccc2)cc1. The third-order valence-electron chi connectivity index (χ3n) is 2.77. The Morgan fingerprint density at radius 3 is 0.812 bits per heavy atom. The standard InChI is InChI=1S/C18H15O3P.4CO.Mn.Na/c1-4-10-16(11-5-1)19-22(20-17-12-6-2-7-13-17)21-18-14-8-3-9-15-18;4*1-2;;/h1-15H;;;;;;. The van der Waals surface area contributed by atoms with Crippen molar-refractivity contribution in [1.29, 1.82) is 0 Å². The van der Waals surface area contributed by atoms with Crippen molar-refractivity contribution in [3.05, 3.63) is 118 Å². The zero-order chi connectivity index (χ0) is 23.0. The molecule has 0 amide bonds. The molecule has 0 unspecified atom stereocenters. The van der Waals surface area contributed by atoms with Gasteiger partial charge in [-0.05, 0) is 36.4 Å². The molecule has 0 atom stereocenters. The summed E-state index contributed by atoms with van der Waals surface area (Å²) in [4.78, 5) is 0. The fourth-order valence-electron chi connectivity index (χ4n) is 1.76. The van der Waals surface area contributed by atoms with Crippen molar-refractivity contribution < 1.29 is 49.2 Å². The molecule has 7 nitrogen and oxygen atoms in total. The molecule has 32 heavy (non-hydrogen) atoms. The second kappa shape index (κ2) is 29.0. The summed E-state index contributed by atoms with van der Waals surface area (Å²) in [6.07, 6.45) is 0. The van der Waals surface area contributed by atoms with Crippen molar-refractivity contribution in [3.63, 3.8) is 0 Å². The van der Waals surface area contributed by atoms with E-state index in [1.807, 2.05) is 91.0 Å². The maximum absolute atomic E-state index is 7.50. The van der Waals surface area contributed by atoms with Crippen LogP contribution in [0.3, 0.4) is 0 Å². The van der Waals surface area contributed by atoms with Crippen molar-refractivity contribution >= 4 is 38.2 Å².